The van der Waals surface area contributed by atoms with Crippen LogP contribution in [0.25, 0.3) is 22.3 Å². The van der Waals surface area contributed by atoms with Crippen LogP contribution in [0.4, 0.5) is 0 Å². The van der Waals surface area contributed by atoms with Crippen molar-refractivity contribution in [2.24, 2.45) is 0 Å². The summed E-state index contributed by atoms with van der Waals surface area (Å²) < 4.78 is 0. The van der Waals surface area contributed by atoms with Crippen LogP contribution >= 0.6 is 11.6 Å². The summed E-state index contributed by atoms with van der Waals surface area (Å²) in [6.45, 7) is 0.398. The number of carbonyl (C=O) groups is 1. The molecule has 0 bridgehead atoms. The van der Waals surface area contributed by atoms with E-state index < -0.39 is 0 Å². The monoisotopic (exact) mass is 373 g/mol. The van der Waals surface area contributed by atoms with Gasteiger partial charge in [-0.3, -0.25) is 9.78 Å². The number of nitrogens with zero attached hydrogens (tertiary/aromatic N) is 2. The molecule has 0 aliphatic rings. The molecule has 0 saturated carbocycles. The van der Waals surface area contributed by atoms with Crippen LogP contribution in [0.3, 0.4) is 0 Å². The first-order chi connectivity index (χ1) is 13.2. The average Bonchev–Trinajstić information content (AvgIpc) is 2.72. The number of halogens is 1. The topological polar surface area (TPSA) is 54.9 Å². The largest absolute Gasteiger partial charge is 0.348 e. The second kappa shape index (κ2) is 7.56. The fourth-order valence-corrected chi connectivity index (χ4v) is 3.15. The van der Waals surface area contributed by atoms with E-state index in [0.717, 1.165) is 22.2 Å². The number of para-hydroxylation sites is 1. The Balaban J connectivity index is 1.70. The predicted molar refractivity (Wildman–Crippen MR) is 108 cm³/mol. The fourth-order valence-electron chi connectivity index (χ4n) is 2.93. The number of pyridine rings is 2. The number of fused-ring (bicyclic) bond motifs is 1. The fraction of sp³-hybridized carbons (Fsp3) is 0.0455. The predicted octanol–water partition coefficient (Wildman–Crippen LogP) is 4.88. The van der Waals surface area contributed by atoms with E-state index in [0.29, 0.717) is 22.8 Å². The lowest BCUT2D eigenvalue weighted by atomic mass is 10.1. The Morgan fingerprint density at radius 1 is 0.926 bits per heavy atom. The zero-order valence-corrected chi connectivity index (χ0v) is 15.1. The standard InChI is InChI=1S/C22H16ClN3O/c23-16-7-5-6-15(12-16)14-25-22(27)18-13-21(20-10-3-4-11-24-20)26-19-9-2-1-8-17(18)19/h1-13H,14H2,(H,25,27). The number of benzene rings is 2. The number of hydrogen-bond donors (Lipinski definition) is 1. The van der Waals surface area contributed by atoms with E-state index >= 15 is 0 Å². The molecule has 0 radical (unpaired) electrons. The van der Waals surface area contributed by atoms with Crippen LogP contribution < -0.4 is 5.32 Å². The number of aromatic nitrogens is 2. The molecule has 5 heteroatoms. The van der Waals surface area contributed by atoms with E-state index in [9.17, 15) is 4.79 Å². The van der Waals surface area contributed by atoms with Crippen molar-refractivity contribution in [3.8, 4) is 11.4 Å². The van der Waals surface area contributed by atoms with E-state index in [1.165, 1.54) is 0 Å². The molecule has 4 nitrogen and oxygen atoms in total. The van der Waals surface area contributed by atoms with Crippen LogP contribution in [0, 0.1) is 0 Å². The summed E-state index contributed by atoms with van der Waals surface area (Å²) >= 11 is 6.02. The maximum absolute atomic E-state index is 12.9. The Kier molecular flexibility index (Phi) is 4.81. The Morgan fingerprint density at radius 2 is 1.78 bits per heavy atom. The SMILES string of the molecule is O=C(NCc1cccc(Cl)c1)c1cc(-c2ccccn2)nc2ccccc12. The Morgan fingerprint density at radius 3 is 2.59 bits per heavy atom. The van der Waals surface area contributed by atoms with Gasteiger partial charge >= 0.3 is 0 Å². The van der Waals surface area contributed by atoms with Crippen LogP contribution in [0.1, 0.15) is 15.9 Å². The van der Waals surface area contributed by atoms with Crippen molar-refractivity contribution in [3.63, 3.8) is 0 Å². The van der Waals surface area contributed by atoms with Crippen molar-refractivity contribution in [2.45, 2.75) is 6.54 Å². The highest BCUT2D eigenvalue weighted by Crippen LogP contribution is 2.23. The van der Waals surface area contributed by atoms with E-state index in [2.05, 4.69) is 15.3 Å². The van der Waals surface area contributed by atoms with Crippen molar-refractivity contribution in [2.75, 3.05) is 0 Å². The summed E-state index contributed by atoms with van der Waals surface area (Å²) in [5.74, 6) is -0.161. The minimum atomic E-state index is -0.161. The van der Waals surface area contributed by atoms with Crippen molar-refractivity contribution in [3.05, 3.63) is 95.1 Å². The summed E-state index contributed by atoms with van der Waals surface area (Å²) in [5.41, 5.74) is 3.67. The highest BCUT2D eigenvalue weighted by atomic mass is 35.5. The van der Waals surface area contributed by atoms with Gasteiger partial charge in [-0.2, -0.15) is 0 Å². The molecule has 27 heavy (non-hydrogen) atoms. The van der Waals surface area contributed by atoms with Gasteiger partial charge in [0.05, 0.1) is 22.5 Å². The van der Waals surface area contributed by atoms with Crippen LogP contribution in [0.15, 0.2) is 79.0 Å². The van der Waals surface area contributed by atoms with Gasteiger partial charge in [0.15, 0.2) is 0 Å². The van der Waals surface area contributed by atoms with Crippen molar-refractivity contribution in [1.29, 1.82) is 0 Å². The first-order valence-electron chi connectivity index (χ1n) is 8.54. The van der Waals surface area contributed by atoms with Gasteiger partial charge in [0.2, 0.25) is 0 Å². The third kappa shape index (κ3) is 3.81. The van der Waals surface area contributed by atoms with Gasteiger partial charge in [-0.1, -0.05) is 48.0 Å². The van der Waals surface area contributed by atoms with E-state index in [-0.39, 0.29) is 5.91 Å². The summed E-state index contributed by atoms with van der Waals surface area (Å²) in [5, 5.41) is 4.42. The van der Waals surface area contributed by atoms with Crippen LogP contribution in [0.2, 0.25) is 5.02 Å². The van der Waals surface area contributed by atoms with E-state index in [4.69, 9.17) is 11.6 Å². The zero-order chi connectivity index (χ0) is 18.6. The summed E-state index contributed by atoms with van der Waals surface area (Å²) in [6.07, 6.45) is 1.71. The molecule has 132 valence electrons. The maximum Gasteiger partial charge on any atom is 0.252 e. The van der Waals surface area contributed by atoms with Gasteiger partial charge in [-0.15, -0.1) is 0 Å². The lowest BCUT2D eigenvalue weighted by molar-refractivity contribution is 0.0952. The molecule has 0 spiro atoms. The second-order valence-corrected chi connectivity index (χ2v) is 6.54. The molecule has 4 rings (SSSR count). The first-order valence-corrected chi connectivity index (χ1v) is 8.92. The number of hydrogen-bond acceptors (Lipinski definition) is 3. The molecule has 2 aromatic carbocycles. The first kappa shape index (κ1) is 17.2. The normalized spacial score (nSPS) is 10.7. The lowest BCUT2D eigenvalue weighted by Crippen LogP contribution is -2.23. The van der Waals surface area contributed by atoms with Gasteiger partial charge in [0.1, 0.15) is 0 Å². The minimum absolute atomic E-state index is 0.161. The number of amides is 1. The third-order valence-corrected chi connectivity index (χ3v) is 4.47. The van der Waals surface area contributed by atoms with Gasteiger partial charge < -0.3 is 5.32 Å². The molecular weight excluding hydrogens is 358 g/mol. The Hall–Kier alpha value is -3.24. The molecule has 0 unspecified atom stereocenters. The molecular formula is C22H16ClN3O. The number of nitrogens with one attached hydrogen (secondary N) is 1. The average molecular weight is 374 g/mol. The summed E-state index contributed by atoms with van der Waals surface area (Å²) in [4.78, 5) is 21.9. The highest BCUT2D eigenvalue weighted by Gasteiger charge is 2.14. The Labute approximate surface area is 161 Å². The summed E-state index contributed by atoms with van der Waals surface area (Å²) in [6, 6.07) is 22.5. The van der Waals surface area contributed by atoms with Gasteiger partial charge in [0, 0.05) is 23.2 Å². The highest BCUT2D eigenvalue weighted by molar-refractivity contribution is 6.30. The molecule has 2 aromatic heterocycles. The molecule has 4 aromatic rings. The van der Waals surface area contributed by atoms with Crippen LogP contribution in [0.5, 0.6) is 0 Å². The molecule has 0 fully saturated rings. The number of carbonyl (C=O) groups excluding carboxylic acids is 1. The van der Waals surface area contributed by atoms with Crippen LogP contribution in [-0.2, 0) is 6.54 Å². The molecule has 0 saturated heterocycles. The zero-order valence-electron chi connectivity index (χ0n) is 14.4. The van der Waals surface area contributed by atoms with Crippen LogP contribution in [-0.4, -0.2) is 15.9 Å². The molecule has 1 N–H and O–H groups in total. The minimum Gasteiger partial charge on any atom is -0.348 e. The van der Waals surface area contributed by atoms with Crippen molar-refractivity contribution < 1.29 is 4.79 Å². The van der Waals surface area contributed by atoms with Crippen molar-refractivity contribution >= 4 is 28.4 Å². The molecule has 0 aliphatic carbocycles. The van der Waals surface area contributed by atoms with Gasteiger partial charge in [0.25, 0.3) is 5.91 Å². The number of rotatable bonds is 4. The third-order valence-electron chi connectivity index (χ3n) is 4.23. The Bertz CT molecular complexity index is 1110. The van der Waals surface area contributed by atoms with E-state index in [1.54, 1.807) is 12.3 Å². The van der Waals surface area contributed by atoms with E-state index in [1.807, 2.05) is 66.7 Å². The molecule has 0 aliphatic heterocycles. The maximum atomic E-state index is 12.9. The molecule has 2 heterocycles. The molecule has 0 atom stereocenters. The summed E-state index contributed by atoms with van der Waals surface area (Å²) in [7, 11) is 0. The lowest BCUT2D eigenvalue weighted by Gasteiger charge is -2.10. The molecule has 1 amide bonds. The van der Waals surface area contributed by atoms with Gasteiger partial charge in [-0.25, -0.2) is 4.98 Å². The smallest absolute Gasteiger partial charge is 0.252 e. The van der Waals surface area contributed by atoms with Gasteiger partial charge in [-0.05, 0) is 42.0 Å². The second-order valence-electron chi connectivity index (χ2n) is 6.10. The van der Waals surface area contributed by atoms with Crippen molar-refractivity contribution in [1.82, 2.24) is 15.3 Å². The quantitative estimate of drug-likeness (QED) is 0.554.